The third kappa shape index (κ3) is 4.17. The first-order valence-electron chi connectivity index (χ1n) is 8.33. The number of nitrogens with one attached hydrogen (secondary N) is 1. The van der Waals surface area contributed by atoms with Gasteiger partial charge in [0.1, 0.15) is 5.82 Å². The molecule has 0 aromatic carbocycles. The largest absolute Gasteiger partial charge is 0.363 e. The Bertz CT molecular complexity index is 941. The van der Waals surface area contributed by atoms with Gasteiger partial charge in [0.25, 0.3) is 0 Å². The van der Waals surface area contributed by atoms with Gasteiger partial charge >= 0.3 is 0 Å². The van der Waals surface area contributed by atoms with Gasteiger partial charge in [-0.2, -0.15) is 10.4 Å². The first-order chi connectivity index (χ1) is 13.1. The number of nitrogens with zero attached hydrogens (tertiary/aromatic N) is 6. The zero-order chi connectivity index (χ0) is 19.2. The van der Waals surface area contributed by atoms with Crippen molar-refractivity contribution < 1.29 is 9.18 Å². The van der Waals surface area contributed by atoms with Crippen LogP contribution >= 0.6 is 0 Å². The van der Waals surface area contributed by atoms with Crippen molar-refractivity contribution in [1.82, 2.24) is 24.9 Å². The molecular formula is C18H18FN7O. The van der Waals surface area contributed by atoms with E-state index in [9.17, 15) is 14.4 Å². The summed E-state index contributed by atoms with van der Waals surface area (Å²) in [7, 11) is 0. The molecule has 2 aromatic rings. The van der Waals surface area contributed by atoms with E-state index in [-0.39, 0.29) is 5.82 Å². The molecule has 0 saturated heterocycles. The van der Waals surface area contributed by atoms with Crippen LogP contribution in [-0.4, -0.2) is 38.6 Å². The molecule has 0 radical (unpaired) electrons. The van der Waals surface area contributed by atoms with Gasteiger partial charge in [0.15, 0.2) is 0 Å². The summed E-state index contributed by atoms with van der Waals surface area (Å²) in [5, 5.41) is 13.1. The average molecular weight is 367 g/mol. The van der Waals surface area contributed by atoms with E-state index in [4.69, 9.17) is 0 Å². The lowest BCUT2D eigenvalue weighted by Crippen LogP contribution is -2.32. The molecule has 138 valence electrons. The maximum absolute atomic E-state index is 13.4. The number of rotatable bonds is 6. The first kappa shape index (κ1) is 18.3. The maximum atomic E-state index is 13.4. The monoisotopic (exact) mass is 367 g/mol. The lowest BCUT2D eigenvalue weighted by atomic mass is 10.1. The van der Waals surface area contributed by atoms with Crippen molar-refractivity contribution in [1.29, 1.82) is 5.26 Å². The molecule has 27 heavy (non-hydrogen) atoms. The van der Waals surface area contributed by atoms with Crippen molar-refractivity contribution >= 4 is 12.6 Å². The summed E-state index contributed by atoms with van der Waals surface area (Å²) in [4.78, 5) is 20.8. The van der Waals surface area contributed by atoms with Gasteiger partial charge in [-0.1, -0.05) is 0 Å². The van der Waals surface area contributed by atoms with Crippen LogP contribution in [0.4, 0.5) is 4.39 Å². The number of hydrogen-bond donors (Lipinski definition) is 1. The molecule has 3 heterocycles. The minimum atomic E-state index is -0.378. The molecule has 0 unspecified atom stereocenters. The van der Waals surface area contributed by atoms with E-state index in [1.807, 2.05) is 9.47 Å². The van der Waals surface area contributed by atoms with Gasteiger partial charge in [-0.25, -0.2) is 14.8 Å². The molecule has 3 rings (SSSR count). The van der Waals surface area contributed by atoms with Gasteiger partial charge < -0.3 is 9.47 Å². The molecule has 0 bridgehead atoms. The van der Waals surface area contributed by atoms with Crippen LogP contribution in [0.3, 0.4) is 0 Å². The molecule has 1 aliphatic heterocycles. The number of nitriles is 1. The van der Waals surface area contributed by atoms with E-state index in [1.54, 1.807) is 19.4 Å². The maximum Gasteiger partial charge on any atom is 0.227 e. The number of hydrazone groups is 1. The predicted molar refractivity (Wildman–Crippen MR) is 95.6 cm³/mol. The molecule has 2 aromatic heterocycles. The standard InChI is InChI=1S/C18H18FN7O/c1-13(5-20)17(8-23-24-12-27)25-3-2-16-18(10-25)26(11-22-16)9-14-4-15(19)7-21-6-14/h4,6-8,11-12H,2-3,9-10H2,1H3,(H,24,27)/b17-13-,23-8-. The Morgan fingerprint density at radius 1 is 1.52 bits per heavy atom. The highest BCUT2D eigenvalue weighted by Crippen LogP contribution is 2.23. The number of imidazole rings is 1. The number of allylic oxidation sites excluding steroid dienone is 2. The summed E-state index contributed by atoms with van der Waals surface area (Å²) in [5.41, 5.74) is 6.07. The second kappa shape index (κ2) is 8.23. The summed E-state index contributed by atoms with van der Waals surface area (Å²) in [6.45, 7) is 3.36. The van der Waals surface area contributed by atoms with Crippen molar-refractivity contribution in [2.75, 3.05) is 6.54 Å². The van der Waals surface area contributed by atoms with Crippen LogP contribution in [0.5, 0.6) is 0 Å². The molecule has 0 aliphatic carbocycles. The number of carbonyl (C=O) groups is 1. The van der Waals surface area contributed by atoms with Crippen LogP contribution in [0.2, 0.25) is 0 Å². The number of carbonyl (C=O) groups excluding carboxylic acids is 1. The third-order valence-corrected chi connectivity index (χ3v) is 4.31. The molecule has 0 spiro atoms. The average Bonchev–Trinajstić information content (AvgIpc) is 3.07. The summed E-state index contributed by atoms with van der Waals surface area (Å²) >= 11 is 0. The fraction of sp³-hybridized carbons (Fsp3) is 0.278. The van der Waals surface area contributed by atoms with Gasteiger partial charge in [-0.3, -0.25) is 9.78 Å². The van der Waals surface area contributed by atoms with Gasteiger partial charge in [0.2, 0.25) is 6.41 Å². The first-order valence-corrected chi connectivity index (χ1v) is 8.33. The molecule has 9 heteroatoms. The van der Waals surface area contributed by atoms with Crippen molar-refractivity contribution in [3.8, 4) is 6.07 Å². The van der Waals surface area contributed by atoms with Crippen LogP contribution in [-0.2, 0) is 24.3 Å². The van der Waals surface area contributed by atoms with Crippen molar-refractivity contribution in [2.24, 2.45) is 5.10 Å². The van der Waals surface area contributed by atoms with Crippen LogP contribution < -0.4 is 5.43 Å². The van der Waals surface area contributed by atoms with Crippen molar-refractivity contribution in [3.05, 3.63) is 58.8 Å². The summed E-state index contributed by atoms with van der Waals surface area (Å²) in [6.07, 6.45) is 7.17. The van der Waals surface area contributed by atoms with Crippen LogP contribution in [0.15, 0.2) is 41.2 Å². The van der Waals surface area contributed by atoms with E-state index < -0.39 is 0 Å². The summed E-state index contributed by atoms with van der Waals surface area (Å²) in [6, 6.07) is 3.57. The molecular weight excluding hydrogens is 349 g/mol. The smallest absolute Gasteiger partial charge is 0.227 e. The Morgan fingerprint density at radius 3 is 3.11 bits per heavy atom. The molecule has 0 atom stereocenters. The minimum Gasteiger partial charge on any atom is -0.363 e. The molecule has 0 fully saturated rings. The summed E-state index contributed by atoms with van der Waals surface area (Å²) in [5.74, 6) is -0.378. The van der Waals surface area contributed by atoms with Gasteiger partial charge in [-0.05, 0) is 18.6 Å². The van der Waals surface area contributed by atoms with E-state index >= 15 is 0 Å². The van der Waals surface area contributed by atoms with Crippen molar-refractivity contribution in [3.63, 3.8) is 0 Å². The summed E-state index contributed by atoms with van der Waals surface area (Å²) < 4.78 is 15.4. The fourth-order valence-electron chi connectivity index (χ4n) is 3.02. The highest BCUT2D eigenvalue weighted by Gasteiger charge is 2.23. The number of fused-ring (bicyclic) bond motifs is 1. The second-order valence-electron chi connectivity index (χ2n) is 6.08. The molecule has 0 saturated carbocycles. The van der Waals surface area contributed by atoms with Gasteiger partial charge in [0.05, 0.1) is 60.6 Å². The Hall–Kier alpha value is -3.54. The molecule has 8 nitrogen and oxygen atoms in total. The van der Waals surface area contributed by atoms with E-state index in [0.717, 1.165) is 17.0 Å². The topological polar surface area (TPSA) is 99.2 Å². The zero-order valence-corrected chi connectivity index (χ0v) is 14.8. The fourth-order valence-corrected chi connectivity index (χ4v) is 3.02. The van der Waals surface area contributed by atoms with E-state index in [2.05, 4.69) is 26.6 Å². The minimum absolute atomic E-state index is 0.378. The normalized spacial score (nSPS) is 14.5. The second-order valence-corrected chi connectivity index (χ2v) is 6.08. The Kier molecular flexibility index (Phi) is 5.56. The molecule has 1 aliphatic rings. The highest BCUT2D eigenvalue weighted by atomic mass is 19.1. The lowest BCUT2D eigenvalue weighted by Gasteiger charge is -2.30. The SMILES string of the molecule is C/C(C#N)=C(\C=N/NC=O)N1CCc2ncn(Cc3cncc(F)c3)c2C1. The number of hydrogen-bond acceptors (Lipinski definition) is 6. The number of aromatic nitrogens is 3. The Labute approximate surface area is 155 Å². The zero-order valence-electron chi connectivity index (χ0n) is 14.8. The highest BCUT2D eigenvalue weighted by molar-refractivity contribution is 5.80. The Morgan fingerprint density at radius 2 is 2.37 bits per heavy atom. The molecule has 1 N–H and O–H groups in total. The van der Waals surface area contributed by atoms with E-state index in [0.29, 0.717) is 43.7 Å². The number of amides is 1. The van der Waals surface area contributed by atoms with Crippen LogP contribution in [0, 0.1) is 17.1 Å². The Balaban J connectivity index is 1.85. The van der Waals surface area contributed by atoms with Gasteiger partial charge in [-0.15, -0.1) is 0 Å². The quantitative estimate of drug-likeness (QED) is 0.360. The van der Waals surface area contributed by atoms with Crippen LogP contribution in [0.25, 0.3) is 0 Å². The number of halogens is 1. The number of pyridine rings is 1. The lowest BCUT2D eigenvalue weighted by molar-refractivity contribution is -0.109. The van der Waals surface area contributed by atoms with E-state index in [1.165, 1.54) is 18.5 Å². The third-order valence-electron chi connectivity index (χ3n) is 4.31. The van der Waals surface area contributed by atoms with Crippen molar-refractivity contribution in [2.45, 2.75) is 26.4 Å². The predicted octanol–water partition coefficient (Wildman–Crippen LogP) is 1.35. The molecule has 1 amide bonds. The van der Waals surface area contributed by atoms with Crippen LogP contribution in [0.1, 0.15) is 23.9 Å². The van der Waals surface area contributed by atoms with Gasteiger partial charge in [0, 0.05) is 19.2 Å².